The van der Waals surface area contributed by atoms with Crippen molar-refractivity contribution in [1.82, 2.24) is 10.2 Å². The summed E-state index contributed by atoms with van der Waals surface area (Å²) in [6, 6.07) is 5.42. The number of hydrogen-bond acceptors (Lipinski definition) is 3. The number of benzene rings is 1. The lowest BCUT2D eigenvalue weighted by atomic mass is 10.1. The van der Waals surface area contributed by atoms with Gasteiger partial charge in [0.05, 0.1) is 5.56 Å². The molecule has 100 valence electrons. The Bertz CT molecular complexity index is 437. The highest BCUT2D eigenvalue weighted by molar-refractivity contribution is 5.97. The zero-order chi connectivity index (χ0) is 12.4. The first-order valence-corrected chi connectivity index (χ1v) is 5.90. The van der Waals surface area contributed by atoms with Crippen LogP contribution in [0, 0.1) is 6.92 Å². The van der Waals surface area contributed by atoms with E-state index in [2.05, 4.69) is 12.2 Å². The Kier molecular flexibility index (Phi) is 4.99. The molecule has 0 radical (unpaired) electrons. The number of hydrogen-bond donors (Lipinski definition) is 2. The average molecular weight is 271 g/mol. The smallest absolute Gasteiger partial charge is 0.257 e. The van der Waals surface area contributed by atoms with Gasteiger partial charge < -0.3 is 15.3 Å². The van der Waals surface area contributed by atoms with E-state index in [0.717, 1.165) is 12.1 Å². The highest BCUT2D eigenvalue weighted by atomic mass is 35.5. The number of nitrogens with one attached hydrogen (secondary N) is 1. The SMILES string of the molecule is Cc1ccc(O)c(C(=O)N2CCN[C@@H](C)C2)c1.Cl. The fourth-order valence-electron chi connectivity index (χ4n) is 2.11. The van der Waals surface area contributed by atoms with Gasteiger partial charge in [-0.05, 0) is 26.0 Å². The van der Waals surface area contributed by atoms with E-state index in [4.69, 9.17) is 0 Å². The minimum atomic E-state index is -0.0837. The second kappa shape index (κ2) is 6.07. The summed E-state index contributed by atoms with van der Waals surface area (Å²) in [4.78, 5) is 14.0. The van der Waals surface area contributed by atoms with Crippen molar-refractivity contribution in [3.05, 3.63) is 29.3 Å². The van der Waals surface area contributed by atoms with E-state index in [-0.39, 0.29) is 24.1 Å². The van der Waals surface area contributed by atoms with E-state index in [1.54, 1.807) is 23.1 Å². The first-order chi connectivity index (χ1) is 8.08. The van der Waals surface area contributed by atoms with Gasteiger partial charge in [-0.2, -0.15) is 0 Å². The van der Waals surface area contributed by atoms with E-state index in [1.165, 1.54) is 0 Å². The summed E-state index contributed by atoms with van der Waals surface area (Å²) in [6.45, 7) is 6.15. The largest absolute Gasteiger partial charge is 0.507 e. The number of halogens is 1. The molecule has 0 spiro atoms. The van der Waals surface area contributed by atoms with Crippen molar-refractivity contribution in [3.8, 4) is 5.75 Å². The van der Waals surface area contributed by atoms with Gasteiger partial charge in [-0.15, -0.1) is 12.4 Å². The molecule has 1 atom stereocenters. The molecule has 1 aliphatic heterocycles. The summed E-state index contributed by atoms with van der Waals surface area (Å²) >= 11 is 0. The summed E-state index contributed by atoms with van der Waals surface area (Å²) < 4.78 is 0. The molecule has 18 heavy (non-hydrogen) atoms. The molecular weight excluding hydrogens is 252 g/mol. The number of aromatic hydroxyl groups is 1. The van der Waals surface area contributed by atoms with Crippen LogP contribution in [0.5, 0.6) is 5.75 Å². The van der Waals surface area contributed by atoms with Crippen LogP contribution < -0.4 is 5.32 Å². The van der Waals surface area contributed by atoms with Gasteiger partial charge in [0.25, 0.3) is 5.91 Å². The fourth-order valence-corrected chi connectivity index (χ4v) is 2.11. The zero-order valence-corrected chi connectivity index (χ0v) is 11.5. The lowest BCUT2D eigenvalue weighted by molar-refractivity contribution is 0.0706. The molecule has 2 N–H and O–H groups in total. The molecule has 0 aromatic heterocycles. The van der Waals surface area contributed by atoms with Gasteiger partial charge in [-0.25, -0.2) is 0 Å². The number of rotatable bonds is 1. The Morgan fingerprint density at radius 1 is 1.50 bits per heavy atom. The first kappa shape index (κ1) is 14.8. The Hall–Kier alpha value is -1.26. The van der Waals surface area contributed by atoms with E-state index < -0.39 is 0 Å². The molecule has 1 fully saturated rings. The Morgan fingerprint density at radius 2 is 2.22 bits per heavy atom. The number of aryl methyl sites for hydroxylation is 1. The predicted molar refractivity (Wildman–Crippen MR) is 73.5 cm³/mol. The van der Waals surface area contributed by atoms with Gasteiger partial charge in [0.1, 0.15) is 5.75 Å². The quantitative estimate of drug-likeness (QED) is 0.814. The highest BCUT2D eigenvalue weighted by Gasteiger charge is 2.23. The van der Waals surface area contributed by atoms with Crippen LogP contribution in [0.2, 0.25) is 0 Å². The van der Waals surface area contributed by atoms with Crippen LogP contribution in [0.15, 0.2) is 18.2 Å². The second-order valence-electron chi connectivity index (χ2n) is 4.63. The number of nitrogens with zero attached hydrogens (tertiary/aromatic N) is 1. The van der Waals surface area contributed by atoms with E-state index in [0.29, 0.717) is 24.7 Å². The van der Waals surface area contributed by atoms with Gasteiger partial charge >= 0.3 is 0 Å². The van der Waals surface area contributed by atoms with E-state index in [9.17, 15) is 9.90 Å². The molecule has 1 aromatic carbocycles. The molecule has 5 heteroatoms. The number of phenols is 1. The Labute approximate surface area is 113 Å². The molecule has 1 aliphatic rings. The van der Waals surface area contributed by atoms with E-state index in [1.807, 2.05) is 6.92 Å². The molecule has 1 amide bonds. The standard InChI is InChI=1S/C13H18N2O2.ClH/c1-9-3-4-12(16)11(7-9)13(17)15-6-5-14-10(2)8-15;/h3-4,7,10,14,16H,5-6,8H2,1-2H3;1H/t10-;/m0./s1. The van der Waals surface area contributed by atoms with Gasteiger partial charge in [0, 0.05) is 25.7 Å². The maximum absolute atomic E-state index is 12.3. The first-order valence-electron chi connectivity index (χ1n) is 5.90. The van der Waals surface area contributed by atoms with Gasteiger partial charge in [-0.1, -0.05) is 11.6 Å². The average Bonchev–Trinajstić information content (AvgIpc) is 2.31. The van der Waals surface area contributed by atoms with Crippen molar-refractivity contribution < 1.29 is 9.90 Å². The summed E-state index contributed by atoms with van der Waals surface area (Å²) in [7, 11) is 0. The molecule has 4 nitrogen and oxygen atoms in total. The predicted octanol–water partition coefficient (Wildman–Crippen LogP) is 1.56. The molecule has 1 saturated heterocycles. The maximum atomic E-state index is 12.3. The van der Waals surface area contributed by atoms with Crippen LogP contribution in [0.1, 0.15) is 22.8 Å². The van der Waals surface area contributed by atoms with Crippen molar-refractivity contribution in [2.45, 2.75) is 19.9 Å². The Morgan fingerprint density at radius 3 is 2.89 bits per heavy atom. The van der Waals surface area contributed by atoms with Crippen LogP contribution in [0.4, 0.5) is 0 Å². The molecule has 2 rings (SSSR count). The summed E-state index contributed by atoms with van der Waals surface area (Å²) in [5.41, 5.74) is 1.38. The zero-order valence-electron chi connectivity index (χ0n) is 10.6. The van der Waals surface area contributed by atoms with Gasteiger partial charge in [0.15, 0.2) is 0 Å². The molecule has 1 aromatic rings. The minimum Gasteiger partial charge on any atom is -0.507 e. The molecule has 1 heterocycles. The second-order valence-corrected chi connectivity index (χ2v) is 4.63. The van der Waals surface area contributed by atoms with E-state index >= 15 is 0 Å². The number of phenolic OH excluding ortho intramolecular Hbond substituents is 1. The molecular formula is C13H19ClN2O2. The van der Waals surface area contributed by atoms with Crippen molar-refractivity contribution in [1.29, 1.82) is 0 Å². The van der Waals surface area contributed by atoms with Crippen molar-refractivity contribution in [3.63, 3.8) is 0 Å². The van der Waals surface area contributed by atoms with Gasteiger partial charge in [0.2, 0.25) is 0 Å². The lowest BCUT2D eigenvalue weighted by Crippen LogP contribution is -2.51. The third-order valence-electron chi connectivity index (χ3n) is 3.04. The topological polar surface area (TPSA) is 52.6 Å². The number of carbonyl (C=O) groups is 1. The van der Waals surface area contributed by atoms with Crippen molar-refractivity contribution in [2.75, 3.05) is 19.6 Å². The third kappa shape index (κ3) is 3.15. The molecule has 0 unspecified atom stereocenters. The van der Waals surface area contributed by atoms with Crippen LogP contribution >= 0.6 is 12.4 Å². The van der Waals surface area contributed by atoms with Crippen LogP contribution in [0.3, 0.4) is 0 Å². The minimum absolute atomic E-state index is 0. The van der Waals surface area contributed by atoms with Crippen molar-refractivity contribution >= 4 is 18.3 Å². The Balaban J connectivity index is 0.00000162. The van der Waals surface area contributed by atoms with Crippen molar-refractivity contribution in [2.24, 2.45) is 0 Å². The normalized spacial score (nSPS) is 19.2. The van der Waals surface area contributed by atoms with Crippen LogP contribution in [0.25, 0.3) is 0 Å². The molecule has 0 bridgehead atoms. The van der Waals surface area contributed by atoms with Crippen LogP contribution in [-0.4, -0.2) is 41.6 Å². The summed E-state index contributed by atoms with van der Waals surface area (Å²) in [6.07, 6.45) is 0. The monoisotopic (exact) mass is 270 g/mol. The third-order valence-corrected chi connectivity index (χ3v) is 3.04. The summed E-state index contributed by atoms with van der Waals surface area (Å²) in [5.74, 6) is -0.0219. The van der Waals surface area contributed by atoms with Crippen LogP contribution in [-0.2, 0) is 0 Å². The number of amides is 1. The van der Waals surface area contributed by atoms with Gasteiger partial charge in [-0.3, -0.25) is 4.79 Å². The molecule has 0 saturated carbocycles. The fraction of sp³-hybridized carbons (Fsp3) is 0.462. The number of piperazine rings is 1. The lowest BCUT2D eigenvalue weighted by Gasteiger charge is -2.32. The highest BCUT2D eigenvalue weighted by Crippen LogP contribution is 2.20. The maximum Gasteiger partial charge on any atom is 0.257 e. The molecule has 0 aliphatic carbocycles. The summed E-state index contributed by atoms with van der Waals surface area (Å²) in [5, 5.41) is 13.0. The number of carbonyl (C=O) groups excluding carboxylic acids is 1.